The monoisotopic (exact) mass is 467 g/mol. The first-order chi connectivity index (χ1) is 14.8. The van der Waals surface area contributed by atoms with Gasteiger partial charge < -0.3 is 14.8 Å². The molecule has 1 aliphatic heterocycles. The summed E-state index contributed by atoms with van der Waals surface area (Å²) in [5.41, 5.74) is 0.366. The number of hydrogen-bond donors (Lipinski definition) is 1. The number of anilines is 1. The Morgan fingerprint density at radius 3 is 2.65 bits per heavy atom. The number of hydrogen-bond acceptors (Lipinski definition) is 7. The number of carbonyl (C=O) groups excluding carboxylic acids is 2. The fourth-order valence-corrected chi connectivity index (χ4v) is 4.81. The lowest BCUT2D eigenvalue weighted by Gasteiger charge is -2.29. The van der Waals surface area contributed by atoms with E-state index in [2.05, 4.69) is 10.3 Å². The lowest BCUT2D eigenvalue weighted by molar-refractivity contribution is -0.152. The predicted molar refractivity (Wildman–Crippen MR) is 113 cm³/mol. The van der Waals surface area contributed by atoms with E-state index in [-0.39, 0.29) is 18.0 Å². The Bertz CT molecular complexity index is 1040. The van der Waals surface area contributed by atoms with Crippen LogP contribution in [0.5, 0.6) is 5.75 Å². The zero-order valence-electron chi connectivity index (χ0n) is 16.8. The predicted octanol–water partition coefficient (Wildman–Crippen LogP) is 2.33. The van der Waals surface area contributed by atoms with E-state index in [0.717, 1.165) is 0 Å². The number of amides is 1. The number of nitrogens with one attached hydrogen (secondary N) is 1. The molecule has 166 valence electrons. The highest BCUT2D eigenvalue weighted by molar-refractivity contribution is 7.89. The average Bonchev–Trinajstić information content (AvgIpc) is 2.78. The summed E-state index contributed by atoms with van der Waals surface area (Å²) in [6, 6.07) is 7.80. The Morgan fingerprint density at radius 1 is 1.26 bits per heavy atom. The number of ether oxygens (including phenoxy) is 2. The minimum absolute atomic E-state index is 0.115. The van der Waals surface area contributed by atoms with Gasteiger partial charge in [0.05, 0.1) is 18.7 Å². The minimum atomic E-state index is -3.65. The van der Waals surface area contributed by atoms with E-state index in [4.69, 9.17) is 21.1 Å². The van der Waals surface area contributed by atoms with Gasteiger partial charge in [0.2, 0.25) is 10.0 Å². The van der Waals surface area contributed by atoms with Crippen LogP contribution in [0.15, 0.2) is 47.6 Å². The number of aromatic nitrogens is 1. The molecule has 1 fully saturated rings. The summed E-state index contributed by atoms with van der Waals surface area (Å²) in [7, 11) is -2.19. The summed E-state index contributed by atoms with van der Waals surface area (Å²) in [6.07, 6.45) is 3.41. The van der Waals surface area contributed by atoms with Crippen molar-refractivity contribution in [3.05, 3.63) is 47.7 Å². The highest BCUT2D eigenvalue weighted by atomic mass is 35.5. The summed E-state index contributed by atoms with van der Waals surface area (Å²) >= 11 is 5.93. The maximum absolute atomic E-state index is 12.6. The Hall–Kier alpha value is -2.69. The van der Waals surface area contributed by atoms with Crippen LogP contribution >= 0.6 is 11.6 Å². The third kappa shape index (κ3) is 5.72. The molecule has 9 nitrogen and oxygen atoms in total. The van der Waals surface area contributed by atoms with Crippen LogP contribution in [0.25, 0.3) is 0 Å². The van der Waals surface area contributed by atoms with Gasteiger partial charge in [-0.25, -0.2) is 8.42 Å². The maximum Gasteiger partial charge on any atom is 0.309 e. The summed E-state index contributed by atoms with van der Waals surface area (Å²) in [6.45, 7) is -0.103. The summed E-state index contributed by atoms with van der Waals surface area (Å²) in [5.74, 6) is -1.13. The molecule has 1 saturated heterocycles. The van der Waals surface area contributed by atoms with Crippen molar-refractivity contribution in [3.63, 3.8) is 0 Å². The van der Waals surface area contributed by atoms with Gasteiger partial charge in [0.1, 0.15) is 10.6 Å². The molecule has 0 atom stereocenters. The molecule has 1 aliphatic rings. The molecule has 0 saturated carbocycles. The molecule has 1 aromatic heterocycles. The van der Waals surface area contributed by atoms with Crippen LogP contribution in [0.3, 0.4) is 0 Å². The molecule has 31 heavy (non-hydrogen) atoms. The Balaban J connectivity index is 1.49. The number of carbonyl (C=O) groups is 2. The number of esters is 1. The van der Waals surface area contributed by atoms with Crippen molar-refractivity contribution in [1.82, 2.24) is 9.29 Å². The van der Waals surface area contributed by atoms with Gasteiger partial charge in [-0.3, -0.25) is 14.6 Å². The first kappa shape index (κ1) is 23.0. The normalized spacial score (nSPS) is 15.3. The van der Waals surface area contributed by atoms with E-state index in [1.807, 2.05) is 0 Å². The standard InChI is InChI=1S/C20H22ClN3O6S/c1-29-18-5-4-15(21)11-17(18)23-19(25)13-30-20(26)14-6-9-24(10-7-14)31(27,28)16-3-2-8-22-12-16/h2-5,8,11-12,14H,6-7,9-10,13H2,1H3,(H,23,25). The van der Waals surface area contributed by atoms with E-state index < -0.39 is 34.4 Å². The quantitative estimate of drug-likeness (QED) is 0.621. The molecule has 0 unspecified atom stereocenters. The second-order valence-electron chi connectivity index (χ2n) is 6.87. The largest absolute Gasteiger partial charge is 0.495 e. The van der Waals surface area contributed by atoms with Gasteiger partial charge >= 0.3 is 5.97 Å². The number of benzene rings is 1. The van der Waals surface area contributed by atoms with E-state index in [1.165, 1.54) is 35.9 Å². The molecule has 0 aliphatic carbocycles. The van der Waals surface area contributed by atoms with Crippen LogP contribution < -0.4 is 10.1 Å². The van der Waals surface area contributed by atoms with Crippen molar-refractivity contribution < 1.29 is 27.5 Å². The van der Waals surface area contributed by atoms with Crippen LogP contribution in [0.2, 0.25) is 5.02 Å². The van der Waals surface area contributed by atoms with E-state index in [0.29, 0.717) is 29.3 Å². The number of methoxy groups -OCH3 is 1. The van der Waals surface area contributed by atoms with E-state index >= 15 is 0 Å². The third-order valence-corrected chi connectivity index (χ3v) is 6.96. The van der Waals surface area contributed by atoms with Crippen LogP contribution in [0.1, 0.15) is 12.8 Å². The van der Waals surface area contributed by atoms with Crippen molar-refractivity contribution >= 4 is 39.2 Å². The number of pyridine rings is 1. The molecule has 3 rings (SSSR count). The highest BCUT2D eigenvalue weighted by Gasteiger charge is 2.33. The molecule has 2 aromatic rings. The molecule has 1 N–H and O–H groups in total. The zero-order valence-corrected chi connectivity index (χ0v) is 18.4. The molecule has 0 spiro atoms. The number of sulfonamides is 1. The summed E-state index contributed by atoms with van der Waals surface area (Å²) in [5, 5.41) is 3.00. The van der Waals surface area contributed by atoms with Gasteiger partial charge in [0.25, 0.3) is 5.91 Å². The van der Waals surface area contributed by atoms with Crippen LogP contribution in [0.4, 0.5) is 5.69 Å². The summed E-state index contributed by atoms with van der Waals surface area (Å²) < 4.78 is 36.9. The second kappa shape index (κ2) is 10.1. The van der Waals surface area contributed by atoms with Gasteiger partial charge in [-0.1, -0.05) is 11.6 Å². The molecule has 0 bridgehead atoms. The number of halogens is 1. The van der Waals surface area contributed by atoms with Gasteiger partial charge in [0.15, 0.2) is 6.61 Å². The van der Waals surface area contributed by atoms with Crippen molar-refractivity contribution in [1.29, 1.82) is 0 Å². The van der Waals surface area contributed by atoms with Gasteiger partial charge in [-0.05, 0) is 43.2 Å². The molecule has 11 heteroatoms. The fraction of sp³-hybridized carbons (Fsp3) is 0.350. The van der Waals surface area contributed by atoms with Crippen LogP contribution in [0, 0.1) is 5.92 Å². The van der Waals surface area contributed by atoms with E-state index in [9.17, 15) is 18.0 Å². The minimum Gasteiger partial charge on any atom is -0.495 e. The molecular weight excluding hydrogens is 446 g/mol. The molecule has 1 aromatic carbocycles. The SMILES string of the molecule is COc1ccc(Cl)cc1NC(=O)COC(=O)C1CCN(S(=O)(=O)c2cccnc2)CC1. The Morgan fingerprint density at radius 2 is 2.00 bits per heavy atom. The fourth-order valence-electron chi connectivity index (χ4n) is 3.20. The van der Waals surface area contributed by atoms with Crippen molar-refractivity contribution in [3.8, 4) is 5.75 Å². The van der Waals surface area contributed by atoms with Crippen molar-refractivity contribution in [2.45, 2.75) is 17.7 Å². The number of piperidine rings is 1. The lowest BCUT2D eigenvalue weighted by Crippen LogP contribution is -2.41. The Labute approximate surface area is 185 Å². The van der Waals surface area contributed by atoms with Gasteiger partial charge in [-0.2, -0.15) is 4.31 Å². The highest BCUT2D eigenvalue weighted by Crippen LogP contribution is 2.28. The van der Waals surface area contributed by atoms with Gasteiger partial charge in [-0.15, -0.1) is 0 Å². The van der Waals surface area contributed by atoms with Crippen molar-refractivity contribution in [2.24, 2.45) is 5.92 Å². The maximum atomic E-state index is 12.6. The Kier molecular flexibility index (Phi) is 7.47. The first-order valence-electron chi connectivity index (χ1n) is 9.51. The molecule has 1 amide bonds. The van der Waals surface area contributed by atoms with Crippen molar-refractivity contribution in [2.75, 3.05) is 32.1 Å². The molecular formula is C20H22ClN3O6S. The zero-order chi connectivity index (χ0) is 22.4. The third-order valence-electron chi connectivity index (χ3n) is 4.84. The van der Waals surface area contributed by atoms with Crippen LogP contribution in [-0.2, 0) is 24.3 Å². The lowest BCUT2D eigenvalue weighted by atomic mass is 9.98. The number of nitrogens with zero attached hydrogens (tertiary/aromatic N) is 2. The average molecular weight is 468 g/mol. The van der Waals surface area contributed by atoms with Crippen LogP contribution in [-0.4, -0.2) is 56.4 Å². The smallest absolute Gasteiger partial charge is 0.309 e. The molecule has 0 radical (unpaired) electrons. The number of rotatable bonds is 7. The van der Waals surface area contributed by atoms with Gasteiger partial charge in [0, 0.05) is 30.5 Å². The topological polar surface area (TPSA) is 115 Å². The molecule has 2 heterocycles. The first-order valence-corrected chi connectivity index (χ1v) is 11.3. The summed E-state index contributed by atoms with van der Waals surface area (Å²) in [4.78, 5) is 28.4. The van der Waals surface area contributed by atoms with E-state index in [1.54, 1.807) is 18.2 Å². The second-order valence-corrected chi connectivity index (χ2v) is 9.24.